The highest BCUT2D eigenvalue weighted by Crippen LogP contribution is 2.56. The Kier molecular flexibility index (Phi) is 10.7. The first-order valence-electron chi connectivity index (χ1n) is 21.7. The van der Waals surface area contributed by atoms with Gasteiger partial charge in [0.15, 0.2) is 0 Å². The molecule has 11 rings (SSSR count). The van der Waals surface area contributed by atoms with Gasteiger partial charge < -0.3 is 43.0 Å². The number of rotatable bonds is 18. The van der Waals surface area contributed by atoms with Crippen LogP contribution in [0, 0.1) is 0 Å². The molecule has 1 aliphatic carbocycles. The Balaban J connectivity index is 0.761. The molecule has 0 saturated carbocycles. The van der Waals surface area contributed by atoms with Crippen LogP contribution >= 0.6 is 0 Å². The topological polar surface area (TPSA) is 101 Å². The molecule has 2 aliphatic heterocycles. The molecule has 64 heavy (non-hydrogen) atoms. The Labute approximate surface area is 371 Å². The molecule has 3 unspecified atom stereocenters. The zero-order chi connectivity index (χ0) is 42.9. The first-order valence-corrected chi connectivity index (χ1v) is 21.7. The molecule has 8 aromatic carbocycles. The zero-order valence-corrected chi connectivity index (χ0v) is 35.1. The van der Waals surface area contributed by atoms with Crippen LogP contribution in [0.4, 0.5) is 0 Å². The van der Waals surface area contributed by atoms with E-state index in [1.807, 2.05) is 97.1 Å². The summed E-state index contributed by atoms with van der Waals surface area (Å²) < 4.78 is 46.4. The van der Waals surface area contributed by atoms with E-state index in [1.54, 1.807) is 0 Å². The van der Waals surface area contributed by atoms with E-state index in [-0.39, 0.29) is 32.2 Å². The lowest BCUT2D eigenvalue weighted by Crippen LogP contribution is -2.28. The summed E-state index contributed by atoms with van der Waals surface area (Å²) >= 11 is 0. The average molecular weight is 851 g/mol. The van der Waals surface area contributed by atoms with E-state index in [0.717, 1.165) is 63.1 Å². The second-order valence-electron chi connectivity index (χ2n) is 16.4. The first kappa shape index (κ1) is 39.8. The predicted octanol–water partition coefficient (Wildman–Crippen LogP) is 10.1. The minimum Gasteiger partial charge on any atom is -0.491 e. The van der Waals surface area contributed by atoms with Crippen LogP contribution in [0.15, 0.2) is 170 Å². The summed E-state index contributed by atoms with van der Waals surface area (Å²) in [5.41, 5.74) is 6.40. The molecular formula is C55H46O9. The SMILES string of the molecule is OC(COc1ccc(C2(c3ccc(OCOc4ccc5cc(OCC6CO6)ccc5c4)cc3)c3ccccc3-c3ccccc32)cc1)COc1ccc2cc(OCC3CO3)ccc2c1. The number of hydrogen-bond donors (Lipinski definition) is 1. The van der Waals surface area contributed by atoms with Crippen molar-refractivity contribution < 1.29 is 43.0 Å². The van der Waals surface area contributed by atoms with E-state index in [0.29, 0.717) is 30.5 Å². The Bertz CT molecular complexity index is 2880. The maximum absolute atomic E-state index is 10.9. The van der Waals surface area contributed by atoms with Crippen molar-refractivity contribution in [2.75, 3.05) is 46.4 Å². The molecule has 9 nitrogen and oxygen atoms in total. The third-order valence-electron chi connectivity index (χ3n) is 12.1. The van der Waals surface area contributed by atoms with Crippen molar-refractivity contribution >= 4 is 21.5 Å². The highest BCUT2D eigenvalue weighted by atomic mass is 16.7. The van der Waals surface area contributed by atoms with Crippen LogP contribution in [0.5, 0.6) is 34.5 Å². The lowest BCUT2D eigenvalue weighted by atomic mass is 9.68. The van der Waals surface area contributed by atoms with Gasteiger partial charge in [-0.1, -0.05) is 97.1 Å². The summed E-state index contributed by atoms with van der Waals surface area (Å²) in [6, 6.07) is 57.6. The molecule has 2 fully saturated rings. The minimum absolute atomic E-state index is 0.0597. The van der Waals surface area contributed by atoms with Gasteiger partial charge in [-0.2, -0.15) is 0 Å². The normalized spacial score (nSPS) is 17.0. The van der Waals surface area contributed by atoms with Gasteiger partial charge in [-0.05, 0) is 128 Å². The van der Waals surface area contributed by atoms with Crippen molar-refractivity contribution in [3.63, 3.8) is 0 Å². The maximum Gasteiger partial charge on any atom is 0.230 e. The quantitative estimate of drug-likeness (QED) is 0.0668. The highest BCUT2D eigenvalue weighted by Gasteiger charge is 2.46. The number of fused-ring (bicyclic) bond motifs is 5. The molecule has 9 heteroatoms. The molecule has 0 bridgehead atoms. The van der Waals surface area contributed by atoms with Gasteiger partial charge in [0.05, 0.1) is 18.6 Å². The van der Waals surface area contributed by atoms with Crippen LogP contribution in [0.3, 0.4) is 0 Å². The van der Waals surface area contributed by atoms with Crippen molar-refractivity contribution in [1.82, 2.24) is 0 Å². The van der Waals surface area contributed by atoms with Gasteiger partial charge in [0, 0.05) is 0 Å². The van der Waals surface area contributed by atoms with Gasteiger partial charge in [0.1, 0.15) is 79.2 Å². The molecule has 1 N–H and O–H groups in total. The van der Waals surface area contributed by atoms with Crippen molar-refractivity contribution in [3.8, 4) is 45.6 Å². The van der Waals surface area contributed by atoms with Crippen LogP contribution in [0.2, 0.25) is 0 Å². The second-order valence-corrected chi connectivity index (χ2v) is 16.4. The predicted molar refractivity (Wildman–Crippen MR) is 245 cm³/mol. The number of ether oxygens (including phenoxy) is 8. The molecule has 3 aliphatic rings. The fourth-order valence-electron chi connectivity index (χ4n) is 8.69. The number of epoxide rings is 2. The molecule has 2 heterocycles. The summed E-state index contributed by atoms with van der Waals surface area (Å²) in [4.78, 5) is 0. The molecule has 320 valence electrons. The van der Waals surface area contributed by atoms with Crippen molar-refractivity contribution in [1.29, 1.82) is 0 Å². The number of aliphatic hydroxyl groups is 1. The summed E-state index contributed by atoms with van der Waals surface area (Å²) in [6.45, 7) is 2.90. The highest BCUT2D eigenvalue weighted by molar-refractivity contribution is 5.87. The molecule has 3 atom stereocenters. The van der Waals surface area contributed by atoms with E-state index < -0.39 is 11.5 Å². The summed E-state index contributed by atoms with van der Waals surface area (Å²) in [5, 5.41) is 15.1. The average Bonchev–Trinajstić information content (AvgIpc) is 4.30. The zero-order valence-electron chi connectivity index (χ0n) is 35.1. The molecule has 2 saturated heterocycles. The van der Waals surface area contributed by atoms with Gasteiger partial charge in [-0.25, -0.2) is 0 Å². The lowest BCUT2D eigenvalue weighted by molar-refractivity contribution is 0.0627. The van der Waals surface area contributed by atoms with E-state index in [9.17, 15) is 5.11 Å². The Morgan fingerprint density at radius 2 is 0.797 bits per heavy atom. The number of aliphatic hydroxyl groups excluding tert-OH is 1. The van der Waals surface area contributed by atoms with Gasteiger partial charge in [-0.15, -0.1) is 0 Å². The standard InChI is InChI=1S/C55H46O9/c56-42(30-58-45-17-9-37-26-46(18-10-36(37)25-45)59-31-49-33-61-49)29-57-43-21-13-40(14-22-43)55(53-7-3-1-5-51(53)52-6-2-4-8-54(52)55)41-15-23-44(24-16-41)63-35-64-48-20-12-38-27-47(19-11-39(38)28-48)60-32-50-34-62-50/h1-28,42,49-50,56H,29-35H2. The van der Waals surface area contributed by atoms with Crippen molar-refractivity contribution in [2.45, 2.75) is 23.7 Å². The summed E-state index contributed by atoms with van der Waals surface area (Å²) in [7, 11) is 0. The number of benzene rings is 8. The Morgan fingerprint density at radius 3 is 1.25 bits per heavy atom. The van der Waals surface area contributed by atoms with Gasteiger partial charge >= 0.3 is 0 Å². The number of hydrogen-bond acceptors (Lipinski definition) is 9. The minimum atomic E-state index is -0.837. The van der Waals surface area contributed by atoms with E-state index in [4.69, 9.17) is 37.9 Å². The smallest absolute Gasteiger partial charge is 0.230 e. The maximum atomic E-state index is 10.9. The van der Waals surface area contributed by atoms with Crippen molar-refractivity contribution in [2.24, 2.45) is 0 Å². The first-order chi connectivity index (χ1) is 31.5. The van der Waals surface area contributed by atoms with Crippen LogP contribution in [-0.2, 0) is 14.9 Å². The Hall–Kier alpha value is -7.04. The van der Waals surface area contributed by atoms with E-state index in [2.05, 4.69) is 72.8 Å². The molecule has 0 amide bonds. The van der Waals surface area contributed by atoms with Crippen molar-refractivity contribution in [3.05, 3.63) is 192 Å². The molecular weight excluding hydrogens is 805 g/mol. The molecule has 0 spiro atoms. The molecule has 0 aromatic heterocycles. The fraction of sp³-hybridized carbons (Fsp3) is 0.200. The van der Waals surface area contributed by atoms with Crippen LogP contribution in [0.25, 0.3) is 32.7 Å². The monoisotopic (exact) mass is 850 g/mol. The van der Waals surface area contributed by atoms with Crippen LogP contribution in [0.1, 0.15) is 22.3 Å². The Morgan fingerprint density at radius 1 is 0.438 bits per heavy atom. The third-order valence-corrected chi connectivity index (χ3v) is 12.1. The third kappa shape index (κ3) is 8.29. The lowest BCUT2D eigenvalue weighted by Gasteiger charge is -2.34. The second kappa shape index (κ2) is 17.3. The summed E-state index contributed by atoms with van der Waals surface area (Å²) in [5.74, 6) is 4.39. The van der Waals surface area contributed by atoms with Crippen LogP contribution in [-0.4, -0.2) is 69.9 Å². The largest absolute Gasteiger partial charge is 0.491 e. The van der Waals surface area contributed by atoms with E-state index >= 15 is 0 Å². The molecule has 0 radical (unpaired) electrons. The van der Waals surface area contributed by atoms with Crippen LogP contribution < -0.4 is 28.4 Å². The molecule has 8 aromatic rings. The van der Waals surface area contributed by atoms with Gasteiger partial charge in [0.2, 0.25) is 6.79 Å². The summed E-state index contributed by atoms with van der Waals surface area (Å²) in [6.07, 6.45) is -0.416. The van der Waals surface area contributed by atoms with E-state index in [1.165, 1.54) is 22.3 Å². The van der Waals surface area contributed by atoms with Gasteiger partial charge in [-0.3, -0.25) is 0 Å². The fourth-order valence-corrected chi connectivity index (χ4v) is 8.69. The van der Waals surface area contributed by atoms with Gasteiger partial charge in [0.25, 0.3) is 0 Å².